The molecule has 0 N–H and O–H groups in total. The van der Waals surface area contributed by atoms with Crippen LogP contribution in [0.15, 0.2) is 53.7 Å². The third kappa shape index (κ3) is 3.18. The van der Waals surface area contributed by atoms with E-state index in [1.807, 2.05) is 30.5 Å². The zero-order valence-corrected chi connectivity index (χ0v) is 16.1. The molecule has 0 aliphatic rings. The third-order valence-electron chi connectivity index (χ3n) is 4.46. The van der Waals surface area contributed by atoms with Crippen molar-refractivity contribution in [2.24, 2.45) is 4.99 Å². The summed E-state index contributed by atoms with van der Waals surface area (Å²) in [6.45, 7) is 4.51. The van der Waals surface area contributed by atoms with Crippen LogP contribution >= 0.6 is 11.3 Å². The molecule has 0 fully saturated rings. The molecular weight excluding hydrogens is 376 g/mol. The minimum absolute atomic E-state index is 0.0192. The molecule has 2 aromatic carbocycles. The number of benzene rings is 2. The summed E-state index contributed by atoms with van der Waals surface area (Å²) in [5.74, 6) is -0.368. The van der Waals surface area contributed by atoms with Crippen LogP contribution in [0, 0.1) is 17.0 Å². The Balaban J connectivity index is 1.81. The van der Waals surface area contributed by atoms with Gasteiger partial charge in [0, 0.05) is 35.8 Å². The number of aryl methyl sites for hydroxylation is 2. The lowest BCUT2D eigenvalue weighted by atomic mass is 10.1. The highest BCUT2D eigenvalue weighted by molar-refractivity contribution is 7.16. The minimum atomic E-state index is -0.429. The van der Waals surface area contributed by atoms with E-state index in [0.717, 1.165) is 26.7 Å². The second kappa shape index (κ2) is 6.97. The summed E-state index contributed by atoms with van der Waals surface area (Å²) in [5.41, 5.74) is 3.09. The molecule has 4 aromatic rings. The first kappa shape index (κ1) is 18.0. The van der Waals surface area contributed by atoms with Gasteiger partial charge in [-0.3, -0.25) is 19.9 Å². The molecule has 0 radical (unpaired) electrons. The maximum absolute atomic E-state index is 12.7. The lowest BCUT2D eigenvalue weighted by Gasteiger charge is -2.02. The number of nitro groups is 1. The van der Waals surface area contributed by atoms with E-state index < -0.39 is 4.92 Å². The molecule has 0 bridgehead atoms. The fourth-order valence-corrected chi connectivity index (χ4v) is 4.21. The van der Waals surface area contributed by atoms with Crippen LogP contribution < -0.4 is 4.80 Å². The third-order valence-corrected chi connectivity index (χ3v) is 5.50. The van der Waals surface area contributed by atoms with Crippen molar-refractivity contribution in [2.75, 3.05) is 0 Å². The molecular formula is C20H16N4O3S. The Hall–Kier alpha value is -3.39. The highest BCUT2D eigenvalue weighted by Gasteiger charge is 2.13. The average molecular weight is 392 g/mol. The van der Waals surface area contributed by atoms with Gasteiger partial charge >= 0.3 is 0 Å². The van der Waals surface area contributed by atoms with Crippen LogP contribution in [0.1, 0.15) is 22.8 Å². The van der Waals surface area contributed by atoms with Crippen molar-refractivity contribution in [1.29, 1.82) is 0 Å². The number of non-ortho nitro benzene ring substituents is 1. The van der Waals surface area contributed by atoms with E-state index in [1.54, 1.807) is 24.4 Å². The van der Waals surface area contributed by atoms with Gasteiger partial charge in [0.25, 0.3) is 11.6 Å². The number of thiazole rings is 1. The number of carbonyl (C=O) groups is 1. The zero-order chi connectivity index (χ0) is 19.8. The first-order valence-corrected chi connectivity index (χ1v) is 9.51. The molecule has 0 saturated heterocycles. The van der Waals surface area contributed by atoms with Gasteiger partial charge in [0.2, 0.25) is 0 Å². The van der Waals surface area contributed by atoms with Crippen LogP contribution in [0.25, 0.3) is 21.1 Å². The van der Waals surface area contributed by atoms with Crippen LogP contribution in [0.3, 0.4) is 0 Å². The lowest BCUT2D eigenvalue weighted by Crippen LogP contribution is -2.15. The van der Waals surface area contributed by atoms with Gasteiger partial charge in [-0.1, -0.05) is 17.4 Å². The second-order valence-corrected chi connectivity index (χ2v) is 7.38. The number of hydrogen-bond acceptors (Lipinski definition) is 5. The smallest absolute Gasteiger partial charge is 0.279 e. The predicted molar refractivity (Wildman–Crippen MR) is 109 cm³/mol. The van der Waals surface area contributed by atoms with Gasteiger partial charge in [-0.15, -0.1) is 0 Å². The molecule has 1 amide bonds. The van der Waals surface area contributed by atoms with Crippen LogP contribution in [0.2, 0.25) is 0 Å². The van der Waals surface area contributed by atoms with Crippen molar-refractivity contribution in [3.63, 3.8) is 0 Å². The summed E-state index contributed by atoms with van der Waals surface area (Å²) in [6, 6.07) is 12.0. The standard InChI is InChI=1S/C20H16N4O3S/c1-3-23-17-7-6-15(24(26)27)10-18(17)28-20(23)22-19(25)14-5-4-13-8-12(2)11-21-16(13)9-14/h4-11H,3H2,1-2H3. The molecule has 8 heteroatoms. The first-order chi connectivity index (χ1) is 13.5. The molecule has 140 valence electrons. The Morgan fingerprint density at radius 3 is 2.82 bits per heavy atom. The maximum atomic E-state index is 12.7. The maximum Gasteiger partial charge on any atom is 0.279 e. The summed E-state index contributed by atoms with van der Waals surface area (Å²) in [7, 11) is 0. The normalized spacial score (nSPS) is 12.0. The fourth-order valence-electron chi connectivity index (χ4n) is 3.08. The van der Waals surface area contributed by atoms with Gasteiger partial charge < -0.3 is 4.57 Å². The predicted octanol–water partition coefficient (Wildman–Crippen LogP) is 4.23. The zero-order valence-electron chi connectivity index (χ0n) is 15.2. The van der Waals surface area contributed by atoms with Gasteiger partial charge in [-0.05, 0) is 43.7 Å². The van der Waals surface area contributed by atoms with Crippen molar-refractivity contribution in [1.82, 2.24) is 9.55 Å². The number of nitro benzene ring substituents is 1. The van der Waals surface area contributed by atoms with Crippen molar-refractivity contribution in [2.45, 2.75) is 20.4 Å². The van der Waals surface area contributed by atoms with Gasteiger partial charge in [-0.25, -0.2) is 0 Å². The summed E-state index contributed by atoms with van der Waals surface area (Å²) in [5, 5.41) is 12.0. The number of rotatable bonds is 3. The Labute approximate surface area is 163 Å². The van der Waals surface area contributed by atoms with E-state index >= 15 is 0 Å². The molecule has 0 atom stereocenters. The van der Waals surface area contributed by atoms with Crippen LogP contribution in [0.4, 0.5) is 5.69 Å². The first-order valence-electron chi connectivity index (χ1n) is 8.69. The number of hydrogen-bond donors (Lipinski definition) is 0. The largest absolute Gasteiger partial charge is 0.317 e. The molecule has 0 aliphatic carbocycles. The average Bonchev–Trinajstić information content (AvgIpc) is 3.03. The molecule has 0 unspecified atom stereocenters. The summed E-state index contributed by atoms with van der Waals surface area (Å²) < 4.78 is 2.60. The topological polar surface area (TPSA) is 90.4 Å². The van der Waals surface area contributed by atoms with Crippen LogP contribution in [-0.4, -0.2) is 20.4 Å². The Morgan fingerprint density at radius 2 is 2.07 bits per heavy atom. The van der Waals surface area contributed by atoms with E-state index in [1.165, 1.54) is 23.5 Å². The quantitative estimate of drug-likeness (QED) is 0.385. The van der Waals surface area contributed by atoms with Gasteiger partial charge in [0.05, 0.1) is 20.7 Å². The van der Waals surface area contributed by atoms with E-state index in [9.17, 15) is 14.9 Å². The van der Waals surface area contributed by atoms with Crippen molar-refractivity contribution in [3.05, 3.63) is 74.7 Å². The fraction of sp³-hybridized carbons (Fsp3) is 0.150. The SMILES string of the molecule is CCn1c(=NC(=O)c2ccc3cc(C)cnc3c2)sc2cc([N+](=O)[O-])ccc21. The number of pyridine rings is 1. The molecule has 0 aliphatic heterocycles. The number of nitrogens with zero attached hydrogens (tertiary/aromatic N) is 4. The molecule has 2 heterocycles. The molecule has 0 saturated carbocycles. The van der Waals surface area contributed by atoms with Gasteiger partial charge in [0.1, 0.15) is 0 Å². The number of fused-ring (bicyclic) bond motifs is 2. The number of aromatic nitrogens is 2. The highest BCUT2D eigenvalue weighted by atomic mass is 32.1. The molecule has 4 rings (SSSR count). The number of amides is 1. The van der Waals surface area contributed by atoms with Crippen LogP contribution in [-0.2, 0) is 6.54 Å². The van der Waals surface area contributed by atoms with Crippen molar-refractivity contribution in [3.8, 4) is 0 Å². The van der Waals surface area contributed by atoms with Crippen molar-refractivity contribution >= 4 is 44.1 Å². The minimum Gasteiger partial charge on any atom is -0.317 e. The molecule has 28 heavy (non-hydrogen) atoms. The molecule has 7 nitrogen and oxygen atoms in total. The van der Waals surface area contributed by atoms with E-state index in [4.69, 9.17) is 0 Å². The highest BCUT2D eigenvalue weighted by Crippen LogP contribution is 2.23. The Kier molecular flexibility index (Phi) is 4.48. The summed E-state index contributed by atoms with van der Waals surface area (Å²) >= 11 is 1.26. The lowest BCUT2D eigenvalue weighted by molar-refractivity contribution is -0.384. The Morgan fingerprint density at radius 1 is 1.25 bits per heavy atom. The van der Waals surface area contributed by atoms with Gasteiger partial charge in [0.15, 0.2) is 4.80 Å². The Bertz CT molecular complexity index is 1320. The van der Waals surface area contributed by atoms with E-state index in [2.05, 4.69) is 9.98 Å². The second-order valence-electron chi connectivity index (χ2n) is 6.38. The summed E-state index contributed by atoms with van der Waals surface area (Å²) in [6.07, 6.45) is 1.76. The molecule has 0 spiro atoms. The number of carbonyl (C=O) groups excluding carboxylic acids is 1. The van der Waals surface area contributed by atoms with Gasteiger partial charge in [-0.2, -0.15) is 4.99 Å². The van der Waals surface area contributed by atoms with Crippen LogP contribution in [0.5, 0.6) is 0 Å². The van der Waals surface area contributed by atoms with E-state index in [-0.39, 0.29) is 11.6 Å². The van der Waals surface area contributed by atoms with Crippen molar-refractivity contribution < 1.29 is 9.72 Å². The summed E-state index contributed by atoms with van der Waals surface area (Å²) in [4.78, 5) is 32.5. The van der Waals surface area contributed by atoms with E-state index in [0.29, 0.717) is 16.9 Å². The molecule has 2 aromatic heterocycles. The monoisotopic (exact) mass is 392 g/mol.